The molecule has 0 aliphatic carbocycles. The van der Waals surface area contributed by atoms with Crippen LogP contribution in [0.2, 0.25) is 0 Å². The maximum atomic E-state index is 10.6. The SMILES string of the molecule is CCCC(O)C(O)CO.CCCCCCCCCCCCCCCCCC(N)=O. The smallest absolute Gasteiger partial charge is 0.217 e. The molecular formula is C24H51NO4. The second kappa shape index (κ2) is 25.4. The molecule has 2 atom stereocenters. The van der Waals surface area contributed by atoms with Crippen molar-refractivity contribution in [1.82, 2.24) is 0 Å². The largest absolute Gasteiger partial charge is 0.394 e. The van der Waals surface area contributed by atoms with Gasteiger partial charge in [-0.25, -0.2) is 0 Å². The van der Waals surface area contributed by atoms with Gasteiger partial charge in [-0.05, 0) is 12.8 Å². The molecule has 0 aromatic rings. The highest BCUT2D eigenvalue weighted by Gasteiger charge is 2.12. The van der Waals surface area contributed by atoms with E-state index in [-0.39, 0.29) is 12.5 Å². The molecule has 0 saturated heterocycles. The van der Waals surface area contributed by atoms with Crippen LogP contribution in [-0.4, -0.2) is 40.0 Å². The Hall–Kier alpha value is -0.650. The second-order valence-electron chi connectivity index (χ2n) is 8.27. The van der Waals surface area contributed by atoms with Crippen molar-refractivity contribution in [1.29, 1.82) is 0 Å². The molecule has 2 unspecified atom stereocenters. The Labute approximate surface area is 180 Å². The Morgan fingerprint density at radius 2 is 1.03 bits per heavy atom. The molecule has 0 aromatic carbocycles. The molecule has 0 aliphatic rings. The molecule has 0 aliphatic heterocycles. The van der Waals surface area contributed by atoms with E-state index in [1.54, 1.807) is 0 Å². The Balaban J connectivity index is 0. The number of carbonyl (C=O) groups excluding carboxylic acids is 1. The average Bonchev–Trinajstić information content (AvgIpc) is 2.70. The number of aliphatic hydroxyl groups excluding tert-OH is 3. The van der Waals surface area contributed by atoms with E-state index in [0.29, 0.717) is 12.8 Å². The zero-order valence-electron chi connectivity index (χ0n) is 19.4. The lowest BCUT2D eigenvalue weighted by Gasteiger charge is -2.13. The summed E-state index contributed by atoms with van der Waals surface area (Å²) in [5, 5.41) is 26.0. The minimum absolute atomic E-state index is 0.153. The number of nitrogens with two attached hydrogens (primary N) is 1. The van der Waals surface area contributed by atoms with Crippen LogP contribution in [0.25, 0.3) is 0 Å². The normalized spacial score (nSPS) is 12.9. The van der Waals surface area contributed by atoms with Crippen molar-refractivity contribution >= 4 is 5.91 Å². The van der Waals surface area contributed by atoms with Gasteiger partial charge in [0.1, 0.15) is 6.10 Å². The quantitative estimate of drug-likeness (QED) is 0.203. The topological polar surface area (TPSA) is 104 Å². The van der Waals surface area contributed by atoms with Crippen LogP contribution in [0.4, 0.5) is 0 Å². The summed E-state index contributed by atoms with van der Waals surface area (Å²) in [5.41, 5.74) is 5.11. The molecular weight excluding hydrogens is 366 g/mol. The van der Waals surface area contributed by atoms with Gasteiger partial charge in [-0.15, -0.1) is 0 Å². The van der Waals surface area contributed by atoms with E-state index in [4.69, 9.17) is 21.1 Å². The fourth-order valence-electron chi connectivity index (χ4n) is 3.28. The van der Waals surface area contributed by atoms with E-state index < -0.39 is 12.2 Å². The van der Waals surface area contributed by atoms with Crippen LogP contribution in [0.3, 0.4) is 0 Å². The van der Waals surface area contributed by atoms with E-state index in [1.165, 1.54) is 89.9 Å². The monoisotopic (exact) mass is 417 g/mol. The van der Waals surface area contributed by atoms with Crippen molar-refractivity contribution in [2.24, 2.45) is 5.73 Å². The lowest BCUT2D eigenvalue weighted by atomic mass is 10.0. The standard InChI is InChI=1S/C18H37NO.C6H14O3/c1-2-3-4-5-6-7-8-9-10-11-12-13-14-15-16-17-18(19)20;1-2-3-5(8)6(9)4-7/h2-17H2,1H3,(H2,19,20);5-9H,2-4H2,1H3. The highest BCUT2D eigenvalue weighted by atomic mass is 16.4. The highest BCUT2D eigenvalue weighted by Crippen LogP contribution is 2.13. The Kier molecular flexibility index (Phi) is 26.7. The van der Waals surface area contributed by atoms with Crippen LogP contribution in [0.1, 0.15) is 129 Å². The summed E-state index contributed by atoms with van der Waals surface area (Å²) in [6.07, 6.45) is 20.5. The number of aliphatic hydroxyl groups is 3. The molecule has 0 heterocycles. The van der Waals surface area contributed by atoms with Crippen molar-refractivity contribution in [3.05, 3.63) is 0 Å². The van der Waals surface area contributed by atoms with E-state index >= 15 is 0 Å². The number of primary amides is 1. The number of rotatable bonds is 20. The highest BCUT2D eigenvalue weighted by molar-refractivity contribution is 5.73. The molecule has 0 bridgehead atoms. The molecule has 0 aromatic heterocycles. The number of hydrogen-bond acceptors (Lipinski definition) is 4. The first-order valence-corrected chi connectivity index (χ1v) is 12.2. The summed E-state index contributed by atoms with van der Waals surface area (Å²) in [6, 6.07) is 0. The van der Waals surface area contributed by atoms with Gasteiger partial charge in [-0.1, -0.05) is 110 Å². The Morgan fingerprint density at radius 1 is 0.655 bits per heavy atom. The average molecular weight is 418 g/mol. The molecule has 0 rings (SSSR count). The van der Waals surface area contributed by atoms with Crippen LogP contribution < -0.4 is 5.73 Å². The summed E-state index contributed by atoms with van der Waals surface area (Å²) in [6.45, 7) is 3.83. The maximum absolute atomic E-state index is 10.6. The molecule has 0 saturated carbocycles. The number of amides is 1. The molecule has 0 spiro atoms. The van der Waals surface area contributed by atoms with E-state index in [1.807, 2.05) is 6.92 Å². The third-order valence-electron chi connectivity index (χ3n) is 5.24. The van der Waals surface area contributed by atoms with Crippen molar-refractivity contribution in [2.75, 3.05) is 6.61 Å². The van der Waals surface area contributed by atoms with E-state index in [0.717, 1.165) is 12.8 Å². The van der Waals surface area contributed by atoms with Gasteiger partial charge in [0.15, 0.2) is 0 Å². The number of unbranched alkanes of at least 4 members (excludes halogenated alkanes) is 14. The summed E-state index contributed by atoms with van der Waals surface area (Å²) in [4.78, 5) is 10.6. The molecule has 5 nitrogen and oxygen atoms in total. The van der Waals surface area contributed by atoms with Crippen LogP contribution in [0.5, 0.6) is 0 Å². The molecule has 29 heavy (non-hydrogen) atoms. The molecule has 5 heteroatoms. The summed E-state index contributed by atoms with van der Waals surface area (Å²) in [5.74, 6) is -0.153. The third kappa shape index (κ3) is 27.4. The lowest BCUT2D eigenvalue weighted by Crippen LogP contribution is -2.28. The minimum Gasteiger partial charge on any atom is -0.394 e. The van der Waals surface area contributed by atoms with Crippen LogP contribution in [0.15, 0.2) is 0 Å². The van der Waals surface area contributed by atoms with E-state index in [9.17, 15) is 4.79 Å². The van der Waals surface area contributed by atoms with Gasteiger partial charge in [0.2, 0.25) is 5.91 Å². The third-order valence-corrected chi connectivity index (χ3v) is 5.24. The van der Waals surface area contributed by atoms with Gasteiger partial charge in [0.05, 0.1) is 12.7 Å². The molecule has 176 valence electrons. The first-order valence-electron chi connectivity index (χ1n) is 12.2. The Morgan fingerprint density at radius 3 is 1.34 bits per heavy atom. The second-order valence-corrected chi connectivity index (χ2v) is 8.27. The number of hydrogen-bond donors (Lipinski definition) is 4. The zero-order chi connectivity index (χ0) is 22.2. The summed E-state index contributed by atoms with van der Waals surface area (Å²) < 4.78 is 0. The van der Waals surface area contributed by atoms with Crippen LogP contribution in [-0.2, 0) is 4.79 Å². The van der Waals surface area contributed by atoms with Crippen molar-refractivity contribution in [3.63, 3.8) is 0 Å². The predicted molar refractivity (Wildman–Crippen MR) is 123 cm³/mol. The van der Waals surface area contributed by atoms with Gasteiger partial charge in [0.25, 0.3) is 0 Å². The van der Waals surface area contributed by atoms with Crippen molar-refractivity contribution in [2.45, 2.75) is 142 Å². The van der Waals surface area contributed by atoms with Crippen LogP contribution >= 0.6 is 0 Å². The molecule has 1 amide bonds. The van der Waals surface area contributed by atoms with Gasteiger partial charge in [-0.3, -0.25) is 4.79 Å². The molecule has 5 N–H and O–H groups in total. The van der Waals surface area contributed by atoms with Gasteiger partial charge in [0, 0.05) is 6.42 Å². The molecule has 0 fully saturated rings. The van der Waals surface area contributed by atoms with Crippen molar-refractivity contribution in [3.8, 4) is 0 Å². The fraction of sp³-hybridized carbons (Fsp3) is 0.958. The maximum Gasteiger partial charge on any atom is 0.217 e. The summed E-state index contributed by atoms with van der Waals surface area (Å²) in [7, 11) is 0. The zero-order valence-corrected chi connectivity index (χ0v) is 19.4. The number of carbonyl (C=O) groups is 1. The minimum atomic E-state index is -0.968. The van der Waals surface area contributed by atoms with Crippen LogP contribution in [0, 0.1) is 0 Å². The first-order chi connectivity index (χ1) is 14.0. The van der Waals surface area contributed by atoms with Gasteiger partial charge < -0.3 is 21.1 Å². The molecule has 0 radical (unpaired) electrons. The van der Waals surface area contributed by atoms with Gasteiger partial charge >= 0.3 is 0 Å². The summed E-state index contributed by atoms with van der Waals surface area (Å²) >= 11 is 0. The predicted octanol–water partition coefficient (Wildman–Crippen LogP) is 5.23. The van der Waals surface area contributed by atoms with Crippen molar-refractivity contribution < 1.29 is 20.1 Å². The van der Waals surface area contributed by atoms with E-state index in [2.05, 4.69) is 6.92 Å². The Bertz CT molecular complexity index is 326. The fourth-order valence-corrected chi connectivity index (χ4v) is 3.28. The first kappa shape index (κ1) is 30.5. The van der Waals surface area contributed by atoms with Gasteiger partial charge in [-0.2, -0.15) is 0 Å². The lowest BCUT2D eigenvalue weighted by molar-refractivity contribution is -0.118.